The Morgan fingerprint density at radius 3 is 2.43 bits per heavy atom. The van der Waals surface area contributed by atoms with Gasteiger partial charge in [-0.15, -0.1) is 0 Å². The van der Waals surface area contributed by atoms with Crippen LogP contribution in [0, 0.1) is 0 Å². The van der Waals surface area contributed by atoms with Crippen LogP contribution in [0.25, 0.3) is 0 Å². The second-order valence-electron chi connectivity index (χ2n) is 5.25. The van der Waals surface area contributed by atoms with E-state index in [9.17, 15) is 0 Å². The van der Waals surface area contributed by atoms with Crippen molar-refractivity contribution in [3.05, 3.63) is 53.9 Å². The van der Waals surface area contributed by atoms with E-state index in [-0.39, 0.29) is 0 Å². The van der Waals surface area contributed by atoms with Crippen LogP contribution in [-0.2, 0) is 13.0 Å². The van der Waals surface area contributed by atoms with E-state index in [1.165, 1.54) is 5.56 Å². The van der Waals surface area contributed by atoms with Gasteiger partial charge in [0.05, 0.1) is 0 Å². The van der Waals surface area contributed by atoms with Gasteiger partial charge in [0.15, 0.2) is 0 Å². The molecule has 2 aromatic rings. The first-order valence-electron chi connectivity index (χ1n) is 7.60. The largest absolute Gasteiger partial charge is 0.355 e. The topological polar surface area (TPSA) is 49.8 Å². The molecule has 4 nitrogen and oxygen atoms in total. The first-order chi connectivity index (χ1) is 10.3. The van der Waals surface area contributed by atoms with E-state index in [0.717, 1.165) is 31.5 Å². The van der Waals surface area contributed by atoms with Gasteiger partial charge in [0.2, 0.25) is 5.95 Å². The van der Waals surface area contributed by atoms with Crippen LogP contribution >= 0.6 is 0 Å². The highest BCUT2D eigenvalue weighted by Gasteiger charge is 2.03. The van der Waals surface area contributed by atoms with Crippen molar-refractivity contribution in [2.24, 2.45) is 0 Å². The van der Waals surface area contributed by atoms with E-state index >= 15 is 0 Å². The zero-order valence-electron chi connectivity index (χ0n) is 12.8. The van der Waals surface area contributed by atoms with Crippen molar-refractivity contribution in [1.82, 2.24) is 15.3 Å². The first kappa shape index (κ1) is 15.4. The summed E-state index contributed by atoms with van der Waals surface area (Å²) in [7, 11) is 0. The minimum absolute atomic E-state index is 0.471. The molecule has 0 fully saturated rings. The van der Waals surface area contributed by atoms with Crippen LogP contribution in [-0.4, -0.2) is 22.6 Å². The minimum atomic E-state index is 0.471. The molecule has 4 heteroatoms. The van der Waals surface area contributed by atoms with Crippen LogP contribution in [0.15, 0.2) is 42.7 Å². The van der Waals surface area contributed by atoms with Crippen molar-refractivity contribution >= 4 is 5.95 Å². The van der Waals surface area contributed by atoms with Crippen LogP contribution in [0.3, 0.4) is 0 Å². The van der Waals surface area contributed by atoms with Crippen molar-refractivity contribution in [2.45, 2.75) is 39.3 Å². The molecule has 21 heavy (non-hydrogen) atoms. The Kier molecular flexibility index (Phi) is 6.16. The average Bonchev–Trinajstić information content (AvgIpc) is 2.53. The molecule has 0 saturated carbocycles. The molecule has 1 unspecified atom stereocenters. The normalized spacial score (nSPS) is 12.1. The lowest BCUT2D eigenvalue weighted by Gasteiger charge is -2.13. The van der Waals surface area contributed by atoms with Crippen molar-refractivity contribution < 1.29 is 0 Å². The number of hydrogen-bond acceptors (Lipinski definition) is 4. The summed E-state index contributed by atoms with van der Waals surface area (Å²) in [6, 6.07) is 11.1. The number of aryl methyl sites for hydroxylation is 1. The number of hydrogen-bond donors (Lipinski definition) is 2. The van der Waals surface area contributed by atoms with Gasteiger partial charge < -0.3 is 10.6 Å². The van der Waals surface area contributed by atoms with Crippen LogP contribution in [0.1, 0.15) is 31.4 Å². The number of nitrogens with one attached hydrogen (secondary N) is 2. The predicted octanol–water partition coefficient (Wildman–Crippen LogP) is 3.02. The number of aromatic nitrogens is 2. The smallest absolute Gasteiger partial charge is 0.222 e. The summed E-state index contributed by atoms with van der Waals surface area (Å²) in [5, 5.41) is 6.62. The van der Waals surface area contributed by atoms with Gasteiger partial charge in [0.1, 0.15) is 0 Å². The van der Waals surface area contributed by atoms with Crippen molar-refractivity contribution in [2.75, 3.05) is 11.9 Å². The zero-order valence-corrected chi connectivity index (χ0v) is 12.8. The fraction of sp³-hybridized carbons (Fsp3) is 0.412. The molecular weight excluding hydrogens is 260 g/mol. The fourth-order valence-corrected chi connectivity index (χ4v) is 2.12. The van der Waals surface area contributed by atoms with Gasteiger partial charge in [-0.2, -0.15) is 0 Å². The molecular formula is C17H24N4. The number of anilines is 1. The highest BCUT2D eigenvalue weighted by atomic mass is 15.1. The molecule has 0 saturated heterocycles. The van der Waals surface area contributed by atoms with Gasteiger partial charge >= 0.3 is 0 Å². The lowest BCUT2D eigenvalue weighted by Crippen LogP contribution is -2.26. The highest BCUT2D eigenvalue weighted by Crippen LogP contribution is 2.06. The summed E-state index contributed by atoms with van der Waals surface area (Å²) in [6.45, 7) is 5.90. The third-order valence-corrected chi connectivity index (χ3v) is 3.40. The van der Waals surface area contributed by atoms with Crippen LogP contribution < -0.4 is 10.6 Å². The Bertz CT molecular complexity index is 510. The van der Waals surface area contributed by atoms with Gasteiger partial charge in [-0.25, -0.2) is 9.97 Å². The summed E-state index contributed by atoms with van der Waals surface area (Å²) in [6.07, 6.45) is 5.98. The molecule has 0 aliphatic rings. The molecule has 1 atom stereocenters. The molecule has 0 bridgehead atoms. The van der Waals surface area contributed by atoms with Crippen LogP contribution in [0.2, 0.25) is 0 Å². The quantitative estimate of drug-likeness (QED) is 0.782. The maximum absolute atomic E-state index is 4.28. The molecule has 2 rings (SSSR count). The summed E-state index contributed by atoms with van der Waals surface area (Å²) in [5.41, 5.74) is 2.51. The fourth-order valence-electron chi connectivity index (χ4n) is 2.12. The van der Waals surface area contributed by atoms with Crippen molar-refractivity contribution in [1.29, 1.82) is 0 Å². The Balaban J connectivity index is 1.72. The summed E-state index contributed by atoms with van der Waals surface area (Å²) in [4.78, 5) is 8.56. The van der Waals surface area contributed by atoms with Gasteiger partial charge in [-0.05, 0) is 32.3 Å². The van der Waals surface area contributed by atoms with E-state index in [2.05, 4.69) is 57.9 Å². The molecule has 0 amide bonds. The molecule has 0 aliphatic carbocycles. The average molecular weight is 284 g/mol. The third-order valence-electron chi connectivity index (χ3n) is 3.40. The highest BCUT2D eigenvalue weighted by molar-refractivity contribution is 5.24. The van der Waals surface area contributed by atoms with E-state index in [1.54, 1.807) is 0 Å². The van der Waals surface area contributed by atoms with Gasteiger partial charge in [0.25, 0.3) is 0 Å². The molecule has 112 valence electrons. The van der Waals surface area contributed by atoms with Gasteiger partial charge in [0, 0.05) is 37.1 Å². The maximum Gasteiger partial charge on any atom is 0.222 e. The van der Waals surface area contributed by atoms with E-state index in [4.69, 9.17) is 0 Å². The summed E-state index contributed by atoms with van der Waals surface area (Å²) >= 11 is 0. The Labute approximate surface area is 127 Å². The monoisotopic (exact) mass is 284 g/mol. The van der Waals surface area contributed by atoms with E-state index in [0.29, 0.717) is 12.0 Å². The SMILES string of the molecule is CCNc1ncc(CNC(C)CCc2ccccc2)cn1. The number of benzene rings is 1. The summed E-state index contributed by atoms with van der Waals surface area (Å²) < 4.78 is 0. The number of nitrogens with zero attached hydrogens (tertiary/aromatic N) is 2. The standard InChI is InChI=1S/C17H24N4/c1-3-18-17-20-12-16(13-21-17)11-19-14(2)9-10-15-7-5-4-6-8-15/h4-8,12-14,19H,3,9-11H2,1-2H3,(H,18,20,21). The lowest BCUT2D eigenvalue weighted by molar-refractivity contribution is 0.513. The maximum atomic E-state index is 4.28. The van der Waals surface area contributed by atoms with Crippen LogP contribution in [0.5, 0.6) is 0 Å². The molecule has 0 radical (unpaired) electrons. The summed E-state index contributed by atoms with van der Waals surface area (Å²) in [5.74, 6) is 0.693. The molecule has 1 heterocycles. The molecule has 1 aromatic heterocycles. The Morgan fingerprint density at radius 2 is 1.76 bits per heavy atom. The zero-order chi connectivity index (χ0) is 14.9. The molecule has 1 aromatic carbocycles. The lowest BCUT2D eigenvalue weighted by atomic mass is 10.1. The first-order valence-corrected chi connectivity index (χ1v) is 7.60. The second-order valence-corrected chi connectivity index (χ2v) is 5.25. The number of rotatable bonds is 8. The third kappa shape index (κ3) is 5.52. The Hall–Kier alpha value is -1.94. The van der Waals surface area contributed by atoms with E-state index in [1.807, 2.05) is 19.3 Å². The van der Waals surface area contributed by atoms with Gasteiger partial charge in [-0.3, -0.25) is 0 Å². The van der Waals surface area contributed by atoms with Crippen molar-refractivity contribution in [3.63, 3.8) is 0 Å². The minimum Gasteiger partial charge on any atom is -0.355 e. The predicted molar refractivity (Wildman–Crippen MR) is 87.3 cm³/mol. The molecule has 0 aliphatic heterocycles. The van der Waals surface area contributed by atoms with Crippen molar-refractivity contribution in [3.8, 4) is 0 Å². The van der Waals surface area contributed by atoms with E-state index < -0.39 is 0 Å². The second kappa shape index (κ2) is 8.37. The Morgan fingerprint density at radius 1 is 1.05 bits per heavy atom. The molecule has 2 N–H and O–H groups in total. The molecule has 0 spiro atoms. The van der Waals surface area contributed by atoms with Gasteiger partial charge in [-0.1, -0.05) is 30.3 Å². The van der Waals surface area contributed by atoms with Crippen LogP contribution in [0.4, 0.5) is 5.95 Å².